The fraction of sp³-hybridized carbons (Fsp3) is 0.200. The van der Waals surface area contributed by atoms with Crippen LogP contribution in [0.2, 0.25) is 10.0 Å². The summed E-state index contributed by atoms with van der Waals surface area (Å²) in [5.74, 6) is 1.44. The van der Waals surface area contributed by atoms with Crippen molar-refractivity contribution in [2.24, 2.45) is 0 Å². The predicted molar refractivity (Wildman–Crippen MR) is 94.5 cm³/mol. The average molecular weight is 455 g/mol. The molecule has 0 aliphatic heterocycles. The quantitative estimate of drug-likeness (QED) is 0.508. The lowest BCUT2D eigenvalue weighted by molar-refractivity contribution is 0.397. The molecule has 0 saturated carbocycles. The first-order valence-electron chi connectivity index (χ1n) is 5.98. The van der Waals surface area contributed by atoms with Crippen molar-refractivity contribution in [3.8, 4) is 11.5 Å². The van der Waals surface area contributed by atoms with Gasteiger partial charge in [0.15, 0.2) is 0 Å². The molecule has 0 heterocycles. The van der Waals surface area contributed by atoms with Crippen molar-refractivity contribution in [2.45, 2.75) is 4.83 Å². The van der Waals surface area contributed by atoms with Gasteiger partial charge in [0.1, 0.15) is 11.5 Å². The van der Waals surface area contributed by atoms with Crippen LogP contribution in [-0.4, -0.2) is 14.2 Å². The van der Waals surface area contributed by atoms with E-state index in [0.717, 1.165) is 21.3 Å². The first kappa shape index (κ1) is 16.9. The van der Waals surface area contributed by atoms with E-state index in [-0.39, 0.29) is 4.83 Å². The maximum atomic E-state index is 6.27. The van der Waals surface area contributed by atoms with Gasteiger partial charge in [-0.1, -0.05) is 39.1 Å². The van der Waals surface area contributed by atoms with Crippen LogP contribution < -0.4 is 9.47 Å². The van der Waals surface area contributed by atoms with Gasteiger partial charge in [0.2, 0.25) is 0 Å². The maximum Gasteiger partial charge on any atom is 0.133 e. The first-order valence-corrected chi connectivity index (χ1v) is 8.44. The van der Waals surface area contributed by atoms with Gasteiger partial charge in [-0.05, 0) is 51.8 Å². The Kier molecular flexibility index (Phi) is 5.83. The Balaban J connectivity index is 2.56. The second-order valence-electron chi connectivity index (χ2n) is 4.26. The van der Waals surface area contributed by atoms with Gasteiger partial charge < -0.3 is 9.47 Å². The van der Waals surface area contributed by atoms with Gasteiger partial charge in [0.05, 0.1) is 23.5 Å². The summed E-state index contributed by atoms with van der Waals surface area (Å²) in [4.78, 5) is -0.166. The van der Waals surface area contributed by atoms with Gasteiger partial charge in [-0.25, -0.2) is 0 Å². The Labute approximate surface area is 150 Å². The summed E-state index contributed by atoms with van der Waals surface area (Å²) in [7, 11) is 3.24. The van der Waals surface area contributed by atoms with E-state index in [2.05, 4.69) is 31.9 Å². The highest BCUT2D eigenvalue weighted by Gasteiger charge is 2.20. The van der Waals surface area contributed by atoms with E-state index < -0.39 is 0 Å². The van der Waals surface area contributed by atoms with E-state index in [1.165, 1.54) is 0 Å². The number of rotatable bonds is 4. The van der Waals surface area contributed by atoms with E-state index in [0.29, 0.717) is 15.8 Å². The highest BCUT2D eigenvalue weighted by atomic mass is 79.9. The van der Waals surface area contributed by atoms with Gasteiger partial charge in [-0.2, -0.15) is 0 Å². The first-order chi connectivity index (χ1) is 9.97. The smallest absolute Gasteiger partial charge is 0.133 e. The Morgan fingerprint density at radius 2 is 1.62 bits per heavy atom. The fourth-order valence-corrected chi connectivity index (χ4v) is 3.72. The van der Waals surface area contributed by atoms with Crippen LogP contribution >= 0.6 is 55.1 Å². The van der Waals surface area contributed by atoms with E-state index in [1.54, 1.807) is 26.4 Å². The molecule has 0 aromatic heterocycles. The molecule has 0 saturated heterocycles. The van der Waals surface area contributed by atoms with E-state index in [4.69, 9.17) is 32.7 Å². The summed E-state index contributed by atoms with van der Waals surface area (Å²) in [6.07, 6.45) is 0. The van der Waals surface area contributed by atoms with Crippen molar-refractivity contribution in [1.82, 2.24) is 0 Å². The van der Waals surface area contributed by atoms with Crippen LogP contribution in [0.25, 0.3) is 0 Å². The molecule has 2 aromatic rings. The molecule has 2 rings (SSSR count). The Hall–Kier alpha value is -0.420. The number of halogens is 4. The minimum absolute atomic E-state index is 0.166. The van der Waals surface area contributed by atoms with Crippen LogP contribution in [0.5, 0.6) is 11.5 Å². The summed E-state index contributed by atoms with van der Waals surface area (Å²) in [6.45, 7) is 0. The Morgan fingerprint density at radius 1 is 0.952 bits per heavy atom. The zero-order chi connectivity index (χ0) is 15.6. The zero-order valence-electron chi connectivity index (χ0n) is 11.3. The highest BCUT2D eigenvalue weighted by molar-refractivity contribution is 9.10. The van der Waals surface area contributed by atoms with E-state index >= 15 is 0 Å². The molecule has 0 N–H and O–H groups in total. The topological polar surface area (TPSA) is 18.5 Å². The number of hydrogen-bond acceptors (Lipinski definition) is 2. The molecule has 0 amide bonds. The SMILES string of the molecule is COc1cc(C(Br)c2cc(Cl)ccc2Cl)c(OC)cc1Br. The number of ether oxygens (including phenoxy) is 2. The predicted octanol–water partition coefficient (Wildman–Crippen LogP) is 6.26. The number of benzene rings is 2. The van der Waals surface area contributed by atoms with Crippen LogP contribution in [0.1, 0.15) is 16.0 Å². The van der Waals surface area contributed by atoms with Crippen molar-refractivity contribution in [3.63, 3.8) is 0 Å². The normalized spacial score (nSPS) is 12.1. The molecule has 0 aliphatic rings. The van der Waals surface area contributed by atoms with Gasteiger partial charge in [-0.3, -0.25) is 0 Å². The van der Waals surface area contributed by atoms with E-state index in [9.17, 15) is 0 Å². The molecule has 1 atom stereocenters. The number of alkyl halides is 1. The Bertz CT molecular complexity index is 662. The summed E-state index contributed by atoms with van der Waals surface area (Å²) < 4.78 is 11.6. The van der Waals surface area contributed by atoms with Crippen molar-refractivity contribution in [3.05, 3.63) is 56.0 Å². The van der Waals surface area contributed by atoms with Crippen LogP contribution in [0, 0.1) is 0 Å². The molecule has 0 radical (unpaired) electrons. The molecular weight excluding hydrogens is 443 g/mol. The molecule has 21 heavy (non-hydrogen) atoms. The molecule has 0 bridgehead atoms. The largest absolute Gasteiger partial charge is 0.496 e. The summed E-state index contributed by atoms with van der Waals surface area (Å²) in [5.41, 5.74) is 1.77. The van der Waals surface area contributed by atoms with Gasteiger partial charge in [0.25, 0.3) is 0 Å². The van der Waals surface area contributed by atoms with Crippen LogP contribution in [-0.2, 0) is 0 Å². The third-order valence-electron chi connectivity index (χ3n) is 3.01. The minimum Gasteiger partial charge on any atom is -0.496 e. The molecular formula is C15H12Br2Cl2O2. The number of hydrogen-bond donors (Lipinski definition) is 0. The summed E-state index contributed by atoms with van der Waals surface area (Å²) >= 11 is 19.4. The average Bonchev–Trinajstić information content (AvgIpc) is 2.48. The Morgan fingerprint density at radius 3 is 2.24 bits per heavy atom. The molecule has 112 valence electrons. The van der Waals surface area contributed by atoms with Crippen molar-refractivity contribution < 1.29 is 9.47 Å². The zero-order valence-corrected chi connectivity index (χ0v) is 16.0. The third-order valence-corrected chi connectivity index (χ3v) is 5.19. The minimum atomic E-state index is -0.166. The molecule has 6 heteroatoms. The van der Waals surface area contributed by atoms with Crippen molar-refractivity contribution >= 4 is 55.1 Å². The van der Waals surface area contributed by atoms with Crippen LogP contribution in [0.15, 0.2) is 34.8 Å². The molecule has 0 aliphatic carbocycles. The molecule has 1 unspecified atom stereocenters. The molecule has 0 fully saturated rings. The lowest BCUT2D eigenvalue weighted by atomic mass is 10.0. The number of methoxy groups -OCH3 is 2. The summed E-state index contributed by atoms with van der Waals surface area (Å²) in [6, 6.07) is 9.13. The van der Waals surface area contributed by atoms with Crippen LogP contribution in [0.4, 0.5) is 0 Å². The van der Waals surface area contributed by atoms with Gasteiger partial charge >= 0.3 is 0 Å². The third kappa shape index (κ3) is 3.67. The standard InChI is InChI=1S/C15H12Br2Cl2O2/c1-20-13-7-11(16)14(21-2)6-10(13)15(17)9-5-8(18)3-4-12(9)19/h3-7,15H,1-2H3. The maximum absolute atomic E-state index is 6.27. The van der Waals surface area contributed by atoms with E-state index in [1.807, 2.05) is 18.2 Å². The molecule has 2 aromatic carbocycles. The van der Waals surface area contributed by atoms with Gasteiger partial charge in [-0.15, -0.1) is 0 Å². The molecule has 0 spiro atoms. The summed E-state index contributed by atoms with van der Waals surface area (Å²) in [5, 5.41) is 1.26. The fourth-order valence-electron chi connectivity index (χ4n) is 1.96. The van der Waals surface area contributed by atoms with Gasteiger partial charge in [0, 0.05) is 15.6 Å². The van der Waals surface area contributed by atoms with Crippen LogP contribution in [0.3, 0.4) is 0 Å². The lowest BCUT2D eigenvalue weighted by Gasteiger charge is -2.18. The van der Waals surface area contributed by atoms with Crippen molar-refractivity contribution in [2.75, 3.05) is 14.2 Å². The highest BCUT2D eigenvalue weighted by Crippen LogP contribution is 2.44. The second-order valence-corrected chi connectivity index (χ2v) is 6.87. The lowest BCUT2D eigenvalue weighted by Crippen LogP contribution is -1.99. The van der Waals surface area contributed by atoms with Crippen molar-refractivity contribution in [1.29, 1.82) is 0 Å². The second kappa shape index (κ2) is 7.23. The monoisotopic (exact) mass is 452 g/mol. The molecule has 2 nitrogen and oxygen atoms in total.